The Labute approximate surface area is 281 Å². The van der Waals surface area contributed by atoms with E-state index < -0.39 is 11.3 Å². The van der Waals surface area contributed by atoms with Crippen LogP contribution in [-0.4, -0.2) is 41.7 Å². The topological polar surface area (TPSA) is 128 Å². The van der Waals surface area contributed by atoms with Gasteiger partial charge in [-0.25, -0.2) is 9.59 Å². The number of nitrogens with zero attached hydrogens (tertiary/aromatic N) is 1. The summed E-state index contributed by atoms with van der Waals surface area (Å²) in [5.41, 5.74) is 9.71. The number of nitrogens with one attached hydrogen (secondary N) is 1. The molecule has 1 spiro atoms. The molecule has 4 aliphatic heterocycles. The molecular weight excluding hydrogens is 606 g/mol. The molecule has 0 radical (unpaired) electrons. The van der Waals surface area contributed by atoms with Crippen LogP contribution >= 0.6 is 0 Å². The van der Waals surface area contributed by atoms with Crippen molar-refractivity contribution in [1.29, 1.82) is 0 Å². The van der Waals surface area contributed by atoms with Crippen LogP contribution in [-0.2, 0) is 28.7 Å². The molecule has 2 saturated carbocycles. The van der Waals surface area contributed by atoms with Crippen LogP contribution in [0.25, 0.3) is 0 Å². The van der Waals surface area contributed by atoms with Crippen molar-refractivity contribution in [2.75, 3.05) is 13.1 Å². The van der Waals surface area contributed by atoms with Crippen LogP contribution < -0.4 is 11.1 Å². The number of nitrogens with two attached hydrogens (primary N) is 1. The summed E-state index contributed by atoms with van der Waals surface area (Å²) in [4.78, 5) is 55.5. The molecule has 48 heavy (non-hydrogen) atoms. The quantitative estimate of drug-likeness (QED) is 0.259. The van der Waals surface area contributed by atoms with Crippen molar-refractivity contribution in [3.05, 3.63) is 81.7 Å². The van der Waals surface area contributed by atoms with Gasteiger partial charge in [-0.1, -0.05) is 39.2 Å². The fraction of sp³-hybridized carbons (Fsp3) is 0.538. The van der Waals surface area contributed by atoms with Crippen molar-refractivity contribution in [3.8, 4) is 0 Å². The number of esters is 2. The first-order valence-corrected chi connectivity index (χ1v) is 18.0. The number of hydrogen-bond acceptors (Lipinski definition) is 8. The molecule has 5 atom stereocenters. The first-order valence-electron chi connectivity index (χ1n) is 18.0. The highest BCUT2D eigenvalue weighted by molar-refractivity contribution is 6.13. The van der Waals surface area contributed by atoms with Crippen LogP contribution in [0.1, 0.15) is 84.5 Å². The number of dihydropyridines is 1. The van der Waals surface area contributed by atoms with E-state index in [1.165, 1.54) is 29.9 Å². The Morgan fingerprint density at radius 1 is 1.04 bits per heavy atom. The minimum Gasteiger partial charge on any atom is -0.427 e. The zero-order valence-electron chi connectivity index (χ0n) is 27.9. The number of rotatable bonds is 8. The molecule has 4 heterocycles. The second kappa shape index (κ2) is 11.5. The van der Waals surface area contributed by atoms with Crippen molar-refractivity contribution in [1.82, 2.24) is 10.2 Å². The molecule has 9 rings (SSSR count). The van der Waals surface area contributed by atoms with E-state index in [0.717, 1.165) is 79.4 Å². The molecule has 0 aromatic heterocycles. The molecular formula is C39H45N3O6. The molecule has 5 aliphatic carbocycles. The van der Waals surface area contributed by atoms with Gasteiger partial charge in [-0.05, 0) is 98.0 Å². The first-order chi connectivity index (χ1) is 23.2. The number of carbonyl (C=O) groups is 4. The van der Waals surface area contributed by atoms with Gasteiger partial charge in [0.1, 0.15) is 11.5 Å². The number of imide groups is 1. The molecule has 0 aromatic carbocycles. The minimum absolute atomic E-state index is 0.0344. The van der Waals surface area contributed by atoms with E-state index in [4.69, 9.17) is 15.2 Å². The predicted molar refractivity (Wildman–Crippen MR) is 178 cm³/mol. The average molecular weight is 652 g/mol. The highest BCUT2D eigenvalue weighted by Gasteiger charge is 2.69. The molecule has 9 nitrogen and oxygen atoms in total. The molecule has 3 fully saturated rings. The summed E-state index contributed by atoms with van der Waals surface area (Å²) in [7, 11) is 0. The zero-order chi connectivity index (χ0) is 33.4. The summed E-state index contributed by atoms with van der Waals surface area (Å²) >= 11 is 0. The lowest BCUT2D eigenvalue weighted by Crippen LogP contribution is -2.54. The fourth-order valence-electron chi connectivity index (χ4n) is 10.6. The monoisotopic (exact) mass is 651 g/mol. The van der Waals surface area contributed by atoms with E-state index in [-0.39, 0.29) is 53.5 Å². The van der Waals surface area contributed by atoms with Crippen LogP contribution in [0.3, 0.4) is 0 Å². The first kappa shape index (κ1) is 31.1. The average Bonchev–Trinajstić information content (AvgIpc) is 3.84. The van der Waals surface area contributed by atoms with Gasteiger partial charge in [0.2, 0.25) is 0 Å². The van der Waals surface area contributed by atoms with E-state index in [1.807, 2.05) is 12.2 Å². The SMILES string of the molecule is CCC/C=C1\OC(=O)C2=C([C@H](CN3C(=O)C=CC3=O)C3=CCNC(N)=C3)[C@H]3CC[C@]21[C@H]1C2=C(CC[C@@H]31)C(=CC1(CC)CCCC1)OC2=O. The highest BCUT2D eigenvalue weighted by atomic mass is 16.5. The van der Waals surface area contributed by atoms with Crippen molar-refractivity contribution >= 4 is 23.8 Å². The van der Waals surface area contributed by atoms with Crippen LogP contribution in [0.2, 0.25) is 0 Å². The van der Waals surface area contributed by atoms with Gasteiger partial charge in [0.25, 0.3) is 11.8 Å². The molecule has 2 amide bonds. The lowest BCUT2D eigenvalue weighted by molar-refractivity contribution is -0.138. The molecule has 252 valence electrons. The third kappa shape index (κ3) is 4.48. The van der Waals surface area contributed by atoms with Gasteiger partial charge in [0.05, 0.1) is 16.8 Å². The van der Waals surface area contributed by atoms with Crippen LogP contribution in [0.15, 0.2) is 81.7 Å². The van der Waals surface area contributed by atoms with Gasteiger partial charge in [0.15, 0.2) is 0 Å². The summed E-state index contributed by atoms with van der Waals surface area (Å²) in [6.07, 6.45) is 21.2. The van der Waals surface area contributed by atoms with Crippen molar-refractivity contribution in [2.45, 2.75) is 84.5 Å². The molecule has 9 heteroatoms. The zero-order valence-corrected chi connectivity index (χ0v) is 27.9. The van der Waals surface area contributed by atoms with E-state index in [0.29, 0.717) is 30.1 Å². The predicted octanol–water partition coefficient (Wildman–Crippen LogP) is 5.54. The number of hydrogen-bond donors (Lipinski definition) is 2. The molecule has 9 aliphatic rings. The van der Waals surface area contributed by atoms with Gasteiger partial charge >= 0.3 is 11.9 Å². The van der Waals surface area contributed by atoms with Crippen LogP contribution in [0, 0.1) is 34.5 Å². The lowest BCUT2D eigenvalue weighted by atomic mass is 9.43. The van der Waals surface area contributed by atoms with Gasteiger partial charge in [0, 0.05) is 48.2 Å². The summed E-state index contributed by atoms with van der Waals surface area (Å²) < 4.78 is 12.5. The number of unbranched alkanes of at least 4 members (excludes halogenated alkanes) is 1. The third-order valence-electron chi connectivity index (χ3n) is 12.8. The lowest BCUT2D eigenvalue weighted by Gasteiger charge is -2.57. The maximum Gasteiger partial charge on any atom is 0.340 e. The standard InChI is InChI=1S/C39H45N3O6/c1-3-5-8-28-39-17-13-23(24-9-10-25-27(47-36(45)33(25)34(24)39)20-38(4-2)15-6-7-16-38)32(35(39)37(46)48-28)26(22-14-18-41-29(40)19-22)21-42-30(43)11-12-31(42)44/h8,11-12,14,19-20,23-24,26,34,41H,3-7,9-10,13,15-18,21,40H2,1-2H3/b27-20?,28-8-/t23-,24-,26+,34+,39-/m0/s1. The Bertz CT molecular complexity index is 1710. The Hall–Kier alpha value is -4.14. The second-order valence-electron chi connectivity index (χ2n) is 14.9. The van der Waals surface area contributed by atoms with Gasteiger partial charge in [-0.3, -0.25) is 14.5 Å². The molecule has 2 bridgehead atoms. The second-order valence-corrected chi connectivity index (χ2v) is 14.9. The van der Waals surface area contributed by atoms with Crippen molar-refractivity contribution < 1.29 is 28.7 Å². The molecule has 0 unspecified atom stereocenters. The van der Waals surface area contributed by atoms with E-state index >= 15 is 0 Å². The Morgan fingerprint density at radius 2 is 1.81 bits per heavy atom. The molecule has 3 N–H and O–H groups in total. The Morgan fingerprint density at radius 3 is 2.52 bits per heavy atom. The Balaban J connectivity index is 1.32. The third-order valence-corrected chi connectivity index (χ3v) is 12.8. The van der Waals surface area contributed by atoms with Crippen LogP contribution in [0.5, 0.6) is 0 Å². The smallest absolute Gasteiger partial charge is 0.340 e. The van der Waals surface area contributed by atoms with E-state index in [2.05, 4.69) is 31.3 Å². The number of carbonyl (C=O) groups excluding carboxylic acids is 4. The van der Waals surface area contributed by atoms with Crippen LogP contribution in [0.4, 0.5) is 0 Å². The number of fused-ring (bicyclic) bond motifs is 1. The van der Waals surface area contributed by atoms with Gasteiger partial charge in [-0.15, -0.1) is 0 Å². The van der Waals surface area contributed by atoms with Crippen molar-refractivity contribution in [3.63, 3.8) is 0 Å². The highest BCUT2D eigenvalue weighted by Crippen LogP contribution is 2.71. The van der Waals surface area contributed by atoms with E-state index in [1.54, 1.807) is 0 Å². The number of allylic oxidation sites excluding steroid dienone is 5. The summed E-state index contributed by atoms with van der Waals surface area (Å²) in [6, 6.07) is 0. The maximum absolute atomic E-state index is 14.3. The maximum atomic E-state index is 14.3. The largest absolute Gasteiger partial charge is 0.427 e. The molecule has 1 saturated heterocycles. The summed E-state index contributed by atoms with van der Waals surface area (Å²) in [6.45, 7) is 4.93. The number of amides is 2. The van der Waals surface area contributed by atoms with Gasteiger partial charge < -0.3 is 20.5 Å². The van der Waals surface area contributed by atoms with E-state index in [9.17, 15) is 19.2 Å². The summed E-state index contributed by atoms with van der Waals surface area (Å²) in [5.74, 6) is -0.134. The van der Waals surface area contributed by atoms with Gasteiger partial charge in [-0.2, -0.15) is 0 Å². The van der Waals surface area contributed by atoms with Crippen molar-refractivity contribution in [2.24, 2.45) is 40.2 Å². The number of cyclic esters (lactones) is 2. The normalized spacial score (nSPS) is 34.0. The Kier molecular flexibility index (Phi) is 7.45. The number of ether oxygens (including phenoxy) is 2. The summed E-state index contributed by atoms with van der Waals surface area (Å²) in [5, 5.41) is 3.13. The fourth-order valence-corrected chi connectivity index (χ4v) is 10.6. The minimum atomic E-state index is -0.815. The molecule has 0 aromatic rings.